The molecule has 0 amide bonds. The number of rotatable bonds is 3. The molecule has 2 aliphatic rings. The average molecular weight is 306 g/mol. The lowest BCUT2D eigenvalue weighted by molar-refractivity contribution is 0.203. The summed E-state index contributed by atoms with van der Waals surface area (Å²) in [6.07, 6.45) is 6.11. The molecule has 0 N–H and O–H groups in total. The van der Waals surface area contributed by atoms with Crippen molar-refractivity contribution in [3.05, 3.63) is 63.9 Å². The van der Waals surface area contributed by atoms with E-state index in [-0.39, 0.29) is 0 Å². The van der Waals surface area contributed by atoms with Gasteiger partial charge in [0.15, 0.2) is 0 Å². The molecule has 2 nitrogen and oxygen atoms in total. The molecule has 2 aliphatic heterocycles. The Labute approximate surface area is 135 Å². The minimum Gasteiger partial charge on any atom is -0.289 e. The first kappa shape index (κ1) is 13.8. The van der Waals surface area contributed by atoms with Gasteiger partial charge in [0.05, 0.1) is 0 Å². The zero-order chi connectivity index (χ0) is 14.9. The zero-order valence-electron chi connectivity index (χ0n) is 12.4. The summed E-state index contributed by atoms with van der Waals surface area (Å²) < 4.78 is 0. The van der Waals surface area contributed by atoms with Gasteiger partial charge in [-0.05, 0) is 42.5 Å². The highest BCUT2D eigenvalue weighted by atomic mass is 32.1. The fourth-order valence-corrected chi connectivity index (χ4v) is 4.55. The van der Waals surface area contributed by atoms with E-state index in [1.165, 1.54) is 28.9 Å². The fraction of sp³-hybridized carbons (Fsp3) is 0.316. The van der Waals surface area contributed by atoms with Crippen LogP contribution in [0.15, 0.2) is 48.5 Å². The summed E-state index contributed by atoms with van der Waals surface area (Å²) in [5, 5.41) is 9.00. The second-order valence-corrected chi connectivity index (χ2v) is 7.21. The molecule has 0 saturated carbocycles. The molecule has 1 aromatic heterocycles. The Bertz CT molecular complexity index is 738. The van der Waals surface area contributed by atoms with Crippen molar-refractivity contribution in [3.63, 3.8) is 0 Å². The predicted octanol–water partition coefficient (Wildman–Crippen LogP) is 4.44. The number of nitrogens with zero attached hydrogens (tertiary/aromatic N) is 2. The smallest absolute Gasteiger partial charge is 0.110 e. The van der Waals surface area contributed by atoms with E-state index in [2.05, 4.69) is 53.4 Å². The van der Waals surface area contributed by atoms with Crippen molar-refractivity contribution >= 4 is 16.9 Å². The highest BCUT2D eigenvalue weighted by Gasteiger charge is 2.36. The van der Waals surface area contributed by atoms with Crippen LogP contribution >= 0.6 is 11.3 Å². The molecular formula is C19H18N2S. The van der Waals surface area contributed by atoms with Crippen molar-refractivity contribution in [3.8, 4) is 6.07 Å². The molecule has 2 bridgehead atoms. The van der Waals surface area contributed by atoms with Crippen molar-refractivity contribution in [2.45, 2.75) is 37.9 Å². The number of benzene rings is 1. The van der Waals surface area contributed by atoms with Crippen LogP contribution in [-0.2, 0) is 6.54 Å². The first-order valence-corrected chi connectivity index (χ1v) is 8.66. The molecular weight excluding hydrogens is 288 g/mol. The summed E-state index contributed by atoms with van der Waals surface area (Å²) >= 11 is 1.63. The molecule has 3 heteroatoms. The highest BCUT2D eigenvalue weighted by Crippen LogP contribution is 2.40. The molecule has 22 heavy (non-hydrogen) atoms. The lowest BCUT2D eigenvalue weighted by atomic mass is 9.99. The Balaban J connectivity index is 1.56. The van der Waals surface area contributed by atoms with E-state index in [0.717, 1.165) is 17.8 Å². The molecule has 0 radical (unpaired) electrons. The third-order valence-electron chi connectivity index (χ3n) is 4.78. The monoisotopic (exact) mass is 306 g/mol. The zero-order valence-corrected chi connectivity index (χ0v) is 13.2. The van der Waals surface area contributed by atoms with Crippen molar-refractivity contribution in [2.24, 2.45) is 0 Å². The van der Waals surface area contributed by atoms with Gasteiger partial charge in [0, 0.05) is 23.5 Å². The van der Waals surface area contributed by atoms with Crippen molar-refractivity contribution < 1.29 is 0 Å². The third kappa shape index (κ3) is 2.49. The van der Waals surface area contributed by atoms with Gasteiger partial charge in [-0.2, -0.15) is 5.26 Å². The molecule has 2 aromatic rings. The Kier molecular flexibility index (Phi) is 3.57. The van der Waals surface area contributed by atoms with Crippen molar-refractivity contribution in [1.29, 1.82) is 5.26 Å². The van der Waals surface area contributed by atoms with Crippen LogP contribution in [0.2, 0.25) is 0 Å². The molecule has 4 rings (SSSR count). The van der Waals surface area contributed by atoms with E-state index in [9.17, 15) is 0 Å². The van der Waals surface area contributed by atoms with E-state index in [4.69, 9.17) is 5.26 Å². The molecule has 1 fully saturated rings. The van der Waals surface area contributed by atoms with Crippen molar-refractivity contribution in [2.75, 3.05) is 0 Å². The lowest BCUT2D eigenvalue weighted by Gasteiger charge is -2.33. The molecule has 1 aromatic carbocycles. The maximum atomic E-state index is 9.00. The van der Waals surface area contributed by atoms with Gasteiger partial charge in [-0.1, -0.05) is 36.4 Å². The van der Waals surface area contributed by atoms with E-state index < -0.39 is 0 Å². The SMILES string of the molecule is N#Cc1ccc(C2=CC3CCC(C2)N3Cc2ccccc2)s1. The van der Waals surface area contributed by atoms with Crippen LogP contribution < -0.4 is 0 Å². The van der Waals surface area contributed by atoms with E-state index >= 15 is 0 Å². The van der Waals surface area contributed by atoms with Crippen LogP contribution in [0.25, 0.3) is 5.57 Å². The molecule has 0 spiro atoms. The standard InChI is InChI=1S/C19H18N2S/c20-12-18-8-9-19(22-18)15-10-16-6-7-17(11-15)21(16)13-14-4-2-1-3-5-14/h1-5,8-10,16-17H,6-7,11,13H2. The van der Waals surface area contributed by atoms with Gasteiger partial charge in [-0.15, -0.1) is 11.3 Å². The maximum absolute atomic E-state index is 9.00. The molecule has 110 valence electrons. The number of fused-ring (bicyclic) bond motifs is 2. The number of hydrogen-bond acceptors (Lipinski definition) is 3. The van der Waals surface area contributed by atoms with Crippen molar-refractivity contribution in [1.82, 2.24) is 4.90 Å². The normalized spacial score (nSPS) is 24.0. The minimum atomic E-state index is 0.557. The third-order valence-corrected chi connectivity index (χ3v) is 5.85. The quantitative estimate of drug-likeness (QED) is 0.838. The van der Waals surface area contributed by atoms with Gasteiger partial charge in [0.2, 0.25) is 0 Å². The second-order valence-electron chi connectivity index (χ2n) is 6.13. The van der Waals surface area contributed by atoms with Crippen LogP contribution in [0.1, 0.15) is 34.6 Å². The Morgan fingerprint density at radius 2 is 2.00 bits per heavy atom. The summed E-state index contributed by atoms with van der Waals surface area (Å²) in [4.78, 5) is 4.75. The predicted molar refractivity (Wildman–Crippen MR) is 90.4 cm³/mol. The van der Waals surface area contributed by atoms with E-state index in [1.54, 1.807) is 11.3 Å². The Morgan fingerprint density at radius 1 is 1.14 bits per heavy atom. The van der Waals surface area contributed by atoms with Gasteiger partial charge in [-0.3, -0.25) is 4.90 Å². The average Bonchev–Trinajstić information content (AvgIpc) is 3.11. The molecule has 2 unspecified atom stereocenters. The van der Waals surface area contributed by atoms with Gasteiger partial charge in [-0.25, -0.2) is 0 Å². The van der Waals surface area contributed by atoms with Gasteiger partial charge in [0.25, 0.3) is 0 Å². The first-order chi connectivity index (χ1) is 10.8. The fourth-order valence-electron chi connectivity index (χ4n) is 3.71. The summed E-state index contributed by atoms with van der Waals surface area (Å²) in [5.41, 5.74) is 2.85. The van der Waals surface area contributed by atoms with Gasteiger partial charge < -0.3 is 0 Å². The summed E-state index contributed by atoms with van der Waals surface area (Å²) in [5.74, 6) is 0. The summed E-state index contributed by atoms with van der Waals surface area (Å²) in [6, 6.07) is 18.3. The second kappa shape index (κ2) is 5.72. The largest absolute Gasteiger partial charge is 0.289 e. The van der Waals surface area contributed by atoms with Gasteiger partial charge >= 0.3 is 0 Å². The topological polar surface area (TPSA) is 27.0 Å². The van der Waals surface area contributed by atoms with Crippen LogP contribution in [0.4, 0.5) is 0 Å². The van der Waals surface area contributed by atoms with Crippen LogP contribution in [0, 0.1) is 11.3 Å². The number of hydrogen-bond donors (Lipinski definition) is 0. The van der Waals surface area contributed by atoms with Crippen LogP contribution in [0.3, 0.4) is 0 Å². The molecule has 1 saturated heterocycles. The van der Waals surface area contributed by atoms with E-state index in [1.807, 2.05) is 6.07 Å². The molecule has 0 aliphatic carbocycles. The number of nitriles is 1. The number of thiophene rings is 1. The maximum Gasteiger partial charge on any atom is 0.110 e. The van der Waals surface area contributed by atoms with Crippen LogP contribution in [0.5, 0.6) is 0 Å². The lowest BCUT2D eigenvalue weighted by Crippen LogP contribution is -2.37. The molecule has 2 atom stereocenters. The Morgan fingerprint density at radius 3 is 2.73 bits per heavy atom. The Hall–Kier alpha value is -1.89. The minimum absolute atomic E-state index is 0.557. The van der Waals surface area contributed by atoms with Gasteiger partial charge in [0.1, 0.15) is 10.9 Å². The van der Waals surface area contributed by atoms with E-state index in [0.29, 0.717) is 12.1 Å². The van der Waals surface area contributed by atoms with Crippen LogP contribution in [-0.4, -0.2) is 17.0 Å². The molecule has 3 heterocycles. The highest BCUT2D eigenvalue weighted by molar-refractivity contribution is 7.13. The first-order valence-electron chi connectivity index (χ1n) is 7.84. The summed E-state index contributed by atoms with van der Waals surface area (Å²) in [7, 11) is 0. The summed E-state index contributed by atoms with van der Waals surface area (Å²) in [6.45, 7) is 1.05.